The average molecular weight is 344 g/mol. The number of rotatable bonds is 3. The van der Waals surface area contributed by atoms with Crippen LogP contribution in [-0.4, -0.2) is 36.5 Å². The lowest BCUT2D eigenvalue weighted by atomic mass is 9.81. The first-order valence-corrected chi connectivity index (χ1v) is 8.15. The zero-order chi connectivity index (χ0) is 13.4. The van der Waals surface area contributed by atoms with E-state index in [2.05, 4.69) is 15.9 Å². The Labute approximate surface area is 113 Å². The molecule has 0 bridgehead atoms. The molecule has 1 rings (SSSR count). The van der Waals surface area contributed by atoms with E-state index in [4.69, 9.17) is 16.7 Å². The van der Waals surface area contributed by atoms with E-state index in [9.17, 15) is 13.2 Å². The van der Waals surface area contributed by atoms with Crippen LogP contribution in [0, 0.1) is 5.41 Å². The number of hydrogen-bond donors (Lipinski definition) is 1. The third-order valence-corrected chi connectivity index (χ3v) is 6.02. The predicted octanol–water partition coefficient (Wildman–Crippen LogP) is 1.95. The molecule has 2 atom stereocenters. The second-order valence-electron chi connectivity index (χ2n) is 4.14. The summed E-state index contributed by atoms with van der Waals surface area (Å²) in [6, 6.07) is 0. The number of sulfone groups is 1. The molecule has 96 valence electrons. The Morgan fingerprint density at radius 3 is 2.47 bits per heavy atom. The zero-order valence-corrected chi connectivity index (χ0v) is 12.4. The number of halogens is 2. The van der Waals surface area contributed by atoms with E-state index >= 15 is 0 Å². The zero-order valence-electron chi connectivity index (χ0n) is 9.28. The summed E-state index contributed by atoms with van der Waals surface area (Å²) >= 11 is 9.31. The average Bonchev–Trinajstić information content (AvgIpc) is 2.19. The summed E-state index contributed by atoms with van der Waals surface area (Å²) in [5.74, 6) is -1.14. The van der Waals surface area contributed by atoms with Crippen LogP contribution in [-0.2, 0) is 14.6 Å². The maximum Gasteiger partial charge on any atom is 0.333 e. The van der Waals surface area contributed by atoms with E-state index in [1.54, 1.807) is 6.92 Å². The van der Waals surface area contributed by atoms with Gasteiger partial charge in [-0.3, -0.25) is 0 Å². The lowest BCUT2D eigenvalue weighted by Gasteiger charge is -2.36. The van der Waals surface area contributed by atoms with Crippen LogP contribution in [0.3, 0.4) is 0 Å². The summed E-state index contributed by atoms with van der Waals surface area (Å²) in [7, 11) is -3.42. The van der Waals surface area contributed by atoms with E-state index in [0.717, 1.165) is 6.26 Å². The van der Waals surface area contributed by atoms with Gasteiger partial charge in [0, 0.05) is 17.0 Å². The highest BCUT2D eigenvalue weighted by Gasteiger charge is 2.45. The number of carboxylic acid groups (broad SMARTS) is 1. The Kier molecular flexibility index (Phi) is 4.11. The first-order valence-electron chi connectivity index (χ1n) is 4.70. The first-order chi connectivity index (χ1) is 7.64. The van der Waals surface area contributed by atoms with Crippen molar-refractivity contribution in [2.75, 3.05) is 11.6 Å². The van der Waals surface area contributed by atoms with Crippen molar-refractivity contribution in [1.82, 2.24) is 0 Å². The van der Waals surface area contributed by atoms with Gasteiger partial charge in [0.05, 0.1) is 15.9 Å². The summed E-state index contributed by atoms with van der Waals surface area (Å²) in [6.07, 6.45) is 3.66. The maximum atomic E-state index is 11.7. The summed E-state index contributed by atoms with van der Waals surface area (Å²) in [5.41, 5.74) is -0.960. The minimum atomic E-state index is -3.42. The summed E-state index contributed by atoms with van der Waals surface area (Å²) in [5, 5.41) is 8.35. The summed E-state index contributed by atoms with van der Waals surface area (Å²) in [6.45, 7) is 1.63. The molecule has 0 aromatic carbocycles. The number of carboxylic acids is 1. The molecule has 0 aromatic heterocycles. The van der Waals surface area contributed by atoms with Crippen LogP contribution in [0.25, 0.3) is 0 Å². The molecular formula is C10H12BrClO4S. The monoisotopic (exact) mass is 342 g/mol. The number of carbonyl (C=O) groups is 1. The van der Waals surface area contributed by atoms with Crippen molar-refractivity contribution in [3.63, 3.8) is 0 Å². The Morgan fingerprint density at radius 2 is 2.12 bits per heavy atom. The molecule has 1 aliphatic carbocycles. The molecule has 0 fully saturated rings. The molecule has 4 nitrogen and oxygen atoms in total. The van der Waals surface area contributed by atoms with Crippen LogP contribution >= 0.6 is 27.5 Å². The molecular weight excluding hydrogens is 332 g/mol. The van der Waals surface area contributed by atoms with Gasteiger partial charge >= 0.3 is 5.97 Å². The Balaban J connectivity index is 3.45. The second kappa shape index (κ2) is 4.74. The van der Waals surface area contributed by atoms with Crippen LogP contribution in [0.4, 0.5) is 0 Å². The van der Waals surface area contributed by atoms with Gasteiger partial charge in [0.15, 0.2) is 9.84 Å². The third kappa shape index (κ3) is 2.58. The van der Waals surface area contributed by atoms with Gasteiger partial charge in [0.25, 0.3) is 0 Å². The number of hydrogen-bond acceptors (Lipinski definition) is 3. The number of aliphatic carboxylic acids is 1. The van der Waals surface area contributed by atoms with Gasteiger partial charge in [-0.25, -0.2) is 13.2 Å². The third-order valence-electron chi connectivity index (χ3n) is 2.73. The quantitative estimate of drug-likeness (QED) is 0.795. The highest BCUT2D eigenvalue weighted by Crippen LogP contribution is 2.44. The topological polar surface area (TPSA) is 71.4 Å². The minimum Gasteiger partial charge on any atom is -0.478 e. The maximum absolute atomic E-state index is 11.7. The molecule has 0 spiro atoms. The summed E-state index contributed by atoms with van der Waals surface area (Å²) < 4.78 is 23.3. The van der Waals surface area contributed by atoms with Crippen LogP contribution < -0.4 is 0 Å². The fourth-order valence-corrected chi connectivity index (χ4v) is 4.54. The number of alkyl halides is 2. The molecule has 0 heterocycles. The van der Waals surface area contributed by atoms with E-state index in [-0.39, 0.29) is 15.8 Å². The molecule has 1 N–H and O–H groups in total. The summed E-state index contributed by atoms with van der Waals surface area (Å²) in [4.78, 5) is 11.1. The van der Waals surface area contributed by atoms with Gasteiger partial charge < -0.3 is 5.11 Å². The first kappa shape index (κ1) is 14.7. The van der Waals surface area contributed by atoms with Gasteiger partial charge in [-0.1, -0.05) is 22.9 Å². The van der Waals surface area contributed by atoms with Crippen LogP contribution in [0.15, 0.2) is 22.6 Å². The molecule has 2 unspecified atom stereocenters. The largest absolute Gasteiger partial charge is 0.478 e. The minimum absolute atomic E-state index is 0.000941. The highest BCUT2D eigenvalue weighted by atomic mass is 79.9. The number of allylic oxidation sites excluding steroid dienone is 3. The van der Waals surface area contributed by atoms with Crippen LogP contribution in [0.1, 0.15) is 6.92 Å². The molecule has 1 aliphatic rings. The van der Waals surface area contributed by atoms with Gasteiger partial charge in [0.2, 0.25) is 0 Å². The highest BCUT2D eigenvalue weighted by molar-refractivity contribution is 9.09. The molecule has 0 radical (unpaired) electrons. The van der Waals surface area contributed by atoms with Crippen LogP contribution in [0.5, 0.6) is 0 Å². The molecule has 0 saturated heterocycles. The van der Waals surface area contributed by atoms with Crippen molar-refractivity contribution in [2.45, 2.75) is 12.3 Å². The molecule has 0 saturated carbocycles. The van der Waals surface area contributed by atoms with E-state index in [0.29, 0.717) is 0 Å². The van der Waals surface area contributed by atoms with Crippen molar-refractivity contribution in [3.05, 3.63) is 22.6 Å². The molecule has 0 aromatic rings. The molecule has 17 heavy (non-hydrogen) atoms. The van der Waals surface area contributed by atoms with Gasteiger partial charge in [-0.15, -0.1) is 11.6 Å². The smallest absolute Gasteiger partial charge is 0.333 e. The van der Waals surface area contributed by atoms with Gasteiger partial charge in [0.1, 0.15) is 0 Å². The van der Waals surface area contributed by atoms with Crippen LogP contribution in [0.2, 0.25) is 0 Å². The second-order valence-corrected chi connectivity index (χ2v) is 7.13. The Hall–Kier alpha value is -0.330. The fourth-order valence-electron chi connectivity index (χ4n) is 1.77. The molecule has 0 aliphatic heterocycles. The standard InChI is InChI=1S/C10H12BrClO4S/c1-10(5-11)7(17(2,15)16)4-3-6(8(10)12)9(13)14/h3-4,8H,5H2,1-2H3,(H,13,14). The SMILES string of the molecule is CC1(CBr)C(S(C)(=O)=O)=CC=C(C(=O)O)C1Cl. The molecule has 0 amide bonds. The van der Waals surface area contributed by atoms with Crippen molar-refractivity contribution in [3.8, 4) is 0 Å². The lowest BCUT2D eigenvalue weighted by Crippen LogP contribution is -2.40. The van der Waals surface area contributed by atoms with E-state index in [1.165, 1.54) is 12.2 Å². The Morgan fingerprint density at radius 1 is 1.59 bits per heavy atom. The lowest BCUT2D eigenvalue weighted by molar-refractivity contribution is -0.132. The van der Waals surface area contributed by atoms with Gasteiger partial charge in [-0.2, -0.15) is 0 Å². The predicted molar refractivity (Wildman–Crippen MR) is 70.2 cm³/mol. The molecule has 7 heteroatoms. The van der Waals surface area contributed by atoms with Gasteiger partial charge in [-0.05, 0) is 12.2 Å². The van der Waals surface area contributed by atoms with Crippen molar-refractivity contribution in [1.29, 1.82) is 0 Å². The van der Waals surface area contributed by atoms with E-state index in [1.807, 2.05) is 0 Å². The Bertz CT molecular complexity index is 508. The fraction of sp³-hybridized carbons (Fsp3) is 0.500. The van der Waals surface area contributed by atoms with Crippen molar-refractivity contribution < 1.29 is 18.3 Å². The van der Waals surface area contributed by atoms with Crippen molar-refractivity contribution >= 4 is 43.3 Å². The van der Waals surface area contributed by atoms with Crippen molar-refractivity contribution in [2.24, 2.45) is 5.41 Å². The van der Waals surface area contributed by atoms with E-state index < -0.39 is 26.6 Å². The normalized spacial score (nSPS) is 29.5.